The normalized spacial score (nSPS) is 11.2. The first kappa shape index (κ1) is 21.2. The van der Waals surface area contributed by atoms with Crippen molar-refractivity contribution < 1.29 is 27.6 Å². The van der Waals surface area contributed by atoms with Crippen LogP contribution >= 0.6 is 11.6 Å². The molecular weight excluding hydrogens is 423 g/mol. The van der Waals surface area contributed by atoms with Crippen LogP contribution < -0.4 is 0 Å². The average molecular weight is 436 g/mol. The molecule has 0 aliphatic rings. The highest BCUT2D eigenvalue weighted by Crippen LogP contribution is 2.29. The van der Waals surface area contributed by atoms with Crippen LogP contribution in [0.25, 0.3) is 11.4 Å². The molecule has 3 aromatic rings. The van der Waals surface area contributed by atoms with Crippen molar-refractivity contribution in [1.82, 2.24) is 15.0 Å². The summed E-state index contributed by atoms with van der Waals surface area (Å²) in [4.78, 5) is 17.4. The summed E-state index contributed by atoms with van der Waals surface area (Å²) >= 11 is 5.90. The second-order valence-electron chi connectivity index (χ2n) is 6.14. The highest BCUT2D eigenvalue weighted by molar-refractivity contribution is 6.31. The predicted octanol–water partition coefficient (Wildman–Crippen LogP) is 4.39. The molecule has 0 fully saturated rings. The number of aromatic hydroxyl groups is 1. The summed E-state index contributed by atoms with van der Waals surface area (Å²) in [6.07, 6.45) is 0.624. The van der Waals surface area contributed by atoms with Gasteiger partial charge in [0.2, 0.25) is 5.82 Å². The number of phenols is 1. The van der Waals surface area contributed by atoms with Crippen molar-refractivity contribution in [2.45, 2.75) is 12.7 Å². The van der Waals surface area contributed by atoms with Gasteiger partial charge in [-0.25, -0.2) is 0 Å². The minimum atomic E-state index is -4.73. The molecule has 0 saturated carbocycles. The lowest BCUT2D eigenvalue weighted by atomic mass is 10.1. The van der Waals surface area contributed by atoms with Crippen molar-refractivity contribution in [2.75, 3.05) is 6.54 Å². The molecule has 0 aliphatic heterocycles. The second-order valence-corrected chi connectivity index (χ2v) is 6.58. The lowest BCUT2D eigenvalue weighted by molar-refractivity contribution is -0.159. The van der Waals surface area contributed by atoms with Crippen molar-refractivity contribution in [2.24, 2.45) is 0 Å². The fraction of sp³-hybridized carbons (Fsp3) is 0.150. The van der Waals surface area contributed by atoms with Crippen molar-refractivity contribution in [1.29, 1.82) is 0 Å². The van der Waals surface area contributed by atoms with Gasteiger partial charge in [0.15, 0.2) is 0 Å². The first-order chi connectivity index (χ1) is 14.2. The van der Waals surface area contributed by atoms with Crippen LogP contribution in [-0.4, -0.2) is 32.6 Å². The number of nitrogens with zero attached hydrogens (tertiary/aromatic N) is 3. The van der Waals surface area contributed by atoms with Gasteiger partial charge in [0.25, 0.3) is 5.91 Å². The maximum Gasteiger partial charge on any atom is 0.471 e. The number of phenolic OH excluding ortho intramolecular Hbond substituents is 1. The first-order valence-corrected chi connectivity index (χ1v) is 8.78. The van der Waals surface area contributed by atoms with Gasteiger partial charge >= 0.3 is 12.1 Å². The number of amides is 1. The van der Waals surface area contributed by atoms with Gasteiger partial charge < -0.3 is 14.5 Å². The minimum Gasteiger partial charge on any atom is -0.507 e. The molecule has 1 amide bonds. The lowest BCUT2D eigenvalue weighted by Gasteiger charge is -2.21. The Morgan fingerprint density at radius 2 is 1.93 bits per heavy atom. The second kappa shape index (κ2) is 8.47. The van der Waals surface area contributed by atoms with E-state index in [0.717, 1.165) is 0 Å². The molecule has 0 spiro atoms. The molecule has 2 aromatic carbocycles. The summed E-state index contributed by atoms with van der Waals surface area (Å²) in [7, 11) is 0. The number of hydrogen-bond acceptors (Lipinski definition) is 5. The summed E-state index contributed by atoms with van der Waals surface area (Å²) < 4.78 is 42.0. The number of alkyl halides is 3. The van der Waals surface area contributed by atoms with Gasteiger partial charge in [-0.1, -0.05) is 46.9 Å². The Bertz CT molecular complexity index is 1100. The molecule has 0 radical (unpaired) electrons. The standard InChI is InChI=1S/C20H13ClF3N3O3/c1-2-9-27(18(29)15-10-14(21)7-8-16(15)28)11-12-3-5-13(6-4-12)17-25-19(30-26-17)20(22,23)24/h1,3-8,10,28H,9,11H2. The van der Waals surface area contributed by atoms with Gasteiger partial charge in [0.1, 0.15) is 5.75 Å². The molecule has 10 heteroatoms. The van der Waals surface area contributed by atoms with Crippen LogP contribution in [0.1, 0.15) is 21.8 Å². The van der Waals surface area contributed by atoms with Crippen LogP contribution in [0.5, 0.6) is 5.75 Å². The molecule has 0 atom stereocenters. The van der Waals surface area contributed by atoms with E-state index in [-0.39, 0.29) is 35.2 Å². The van der Waals surface area contributed by atoms with Crippen LogP contribution in [0.15, 0.2) is 47.0 Å². The number of terminal acetylenes is 1. The topological polar surface area (TPSA) is 79.5 Å². The fourth-order valence-corrected chi connectivity index (χ4v) is 2.77. The SMILES string of the molecule is C#CCN(Cc1ccc(-c2noc(C(F)(F)F)n2)cc1)C(=O)c1cc(Cl)ccc1O. The van der Waals surface area contributed by atoms with E-state index in [0.29, 0.717) is 11.1 Å². The lowest BCUT2D eigenvalue weighted by Crippen LogP contribution is -2.31. The monoisotopic (exact) mass is 435 g/mol. The smallest absolute Gasteiger partial charge is 0.471 e. The number of benzene rings is 2. The molecule has 154 valence electrons. The van der Waals surface area contributed by atoms with Gasteiger partial charge in [0, 0.05) is 17.1 Å². The van der Waals surface area contributed by atoms with Crippen LogP contribution in [0.4, 0.5) is 13.2 Å². The quantitative estimate of drug-likeness (QED) is 0.601. The summed E-state index contributed by atoms with van der Waals surface area (Å²) in [5.74, 6) is -0.0314. The van der Waals surface area contributed by atoms with Gasteiger partial charge in [-0.2, -0.15) is 18.2 Å². The van der Waals surface area contributed by atoms with E-state index in [1.54, 1.807) is 12.1 Å². The Balaban J connectivity index is 1.79. The van der Waals surface area contributed by atoms with E-state index < -0.39 is 18.0 Å². The molecule has 30 heavy (non-hydrogen) atoms. The molecule has 0 unspecified atom stereocenters. The number of carbonyl (C=O) groups is 1. The highest BCUT2D eigenvalue weighted by Gasteiger charge is 2.38. The van der Waals surface area contributed by atoms with E-state index in [2.05, 4.69) is 20.6 Å². The summed E-state index contributed by atoms with van der Waals surface area (Å²) in [6.45, 7) is 0.0572. The number of carbonyl (C=O) groups excluding carboxylic acids is 1. The van der Waals surface area contributed by atoms with Crippen molar-refractivity contribution in [3.63, 3.8) is 0 Å². The molecule has 0 aliphatic carbocycles. The van der Waals surface area contributed by atoms with Crippen molar-refractivity contribution >= 4 is 17.5 Å². The van der Waals surface area contributed by atoms with Gasteiger partial charge in [-0.15, -0.1) is 6.42 Å². The molecule has 1 aromatic heterocycles. The zero-order chi connectivity index (χ0) is 21.9. The van der Waals surface area contributed by atoms with Crippen LogP contribution in [-0.2, 0) is 12.7 Å². The molecule has 1 heterocycles. The molecular formula is C20H13ClF3N3O3. The van der Waals surface area contributed by atoms with Crippen molar-refractivity contribution in [3.05, 3.63) is 64.5 Å². The van der Waals surface area contributed by atoms with E-state index in [4.69, 9.17) is 18.0 Å². The number of halogens is 4. The molecule has 0 saturated heterocycles. The number of hydrogen-bond donors (Lipinski definition) is 1. The highest BCUT2D eigenvalue weighted by atomic mass is 35.5. The summed E-state index contributed by atoms with van der Waals surface area (Å²) in [5.41, 5.74) is 0.949. The predicted molar refractivity (Wildman–Crippen MR) is 101 cm³/mol. The van der Waals surface area contributed by atoms with E-state index >= 15 is 0 Å². The van der Waals surface area contributed by atoms with E-state index in [9.17, 15) is 23.1 Å². The van der Waals surface area contributed by atoms with Crippen molar-refractivity contribution in [3.8, 4) is 29.5 Å². The maximum atomic E-state index is 12.8. The largest absolute Gasteiger partial charge is 0.507 e. The third-order valence-corrected chi connectivity index (χ3v) is 4.25. The van der Waals surface area contributed by atoms with Crippen LogP contribution in [0, 0.1) is 12.3 Å². The molecule has 6 nitrogen and oxygen atoms in total. The Morgan fingerprint density at radius 1 is 1.23 bits per heavy atom. The van der Waals surface area contributed by atoms with Crippen LogP contribution in [0.2, 0.25) is 5.02 Å². The first-order valence-electron chi connectivity index (χ1n) is 8.40. The molecule has 1 N–H and O–H groups in total. The fourth-order valence-electron chi connectivity index (χ4n) is 2.60. The van der Waals surface area contributed by atoms with Gasteiger partial charge in [-0.05, 0) is 23.8 Å². The third kappa shape index (κ3) is 4.72. The van der Waals surface area contributed by atoms with E-state index in [1.807, 2.05) is 0 Å². The maximum absolute atomic E-state index is 12.8. The number of rotatable bonds is 5. The Kier molecular flexibility index (Phi) is 5.99. The zero-order valence-electron chi connectivity index (χ0n) is 15.2. The third-order valence-electron chi connectivity index (χ3n) is 4.01. The Labute approximate surface area is 173 Å². The Hall–Kier alpha value is -3.51. The summed E-state index contributed by atoms with van der Waals surface area (Å²) in [5, 5.41) is 13.5. The van der Waals surface area contributed by atoms with Crippen LogP contribution in [0.3, 0.4) is 0 Å². The number of aromatic nitrogens is 2. The Morgan fingerprint density at radius 3 is 2.53 bits per heavy atom. The average Bonchev–Trinajstić information content (AvgIpc) is 3.20. The summed E-state index contributed by atoms with van der Waals surface area (Å²) in [6, 6.07) is 10.3. The minimum absolute atomic E-state index is 0.000785. The molecule has 0 bridgehead atoms. The van der Waals surface area contributed by atoms with Gasteiger partial charge in [-0.3, -0.25) is 4.79 Å². The van der Waals surface area contributed by atoms with E-state index in [1.165, 1.54) is 35.2 Å². The zero-order valence-corrected chi connectivity index (χ0v) is 15.9. The molecule has 3 rings (SSSR count). The van der Waals surface area contributed by atoms with Gasteiger partial charge in [0.05, 0.1) is 12.1 Å².